The lowest BCUT2D eigenvalue weighted by Gasteiger charge is -2.27. The monoisotopic (exact) mass is 154 g/mol. The Morgan fingerprint density at radius 3 is 2.91 bits per heavy atom. The van der Waals surface area contributed by atoms with E-state index in [1.807, 2.05) is 0 Å². The third-order valence-electron chi connectivity index (χ3n) is 2.99. The van der Waals surface area contributed by atoms with Crippen LogP contribution in [-0.2, 0) is 4.79 Å². The van der Waals surface area contributed by atoms with Crippen LogP contribution in [0.2, 0.25) is 0 Å². The Morgan fingerprint density at radius 2 is 2.18 bits per heavy atom. The Balaban J connectivity index is 2.13. The smallest absolute Gasteiger partial charge is 0.223 e. The molecule has 0 aromatic heterocycles. The molecule has 1 saturated carbocycles. The Labute approximate surface area is 66.3 Å². The number of hydrogen-bond acceptors (Lipinski definition) is 2. The summed E-state index contributed by atoms with van der Waals surface area (Å²) < 4.78 is 0. The first-order valence-corrected chi connectivity index (χ1v) is 4.32. The van der Waals surface area contributed by atoms with E-state index in [1.165, 1.54) is 0 Å². The highest BCUT2D eigenvalue weighted by Crippen LogP contribution is 2.35. The lowest BCUT2D eigenvalue weighted by Crippen LogP contribution is -2.43. The highest BCUT2D eigenvalue weighted by molar-refractivity contribution is 5.80. The number of carbonyl (C=O) groups excluding carboxylic acids is 1. The van der Waals surface area contributed by atoms with Gasteiger partial charge >= 0.3 is 0 Å². The maximum atomic E-state index is 11.3. The summed E-state index contributed by atoms with van der Waals surface area (Å²) in [6.07, 6.45) is 3.11. The van der Waals surface area contributed by atoms with Crippen LogP contribution in [0.4, 0.5) is 0 Å². The van der Waals surface area contributed by atoms with Gasteiger partial charge in [0, 0.05) is 18.5 Å². The fourth-order valence-corrected chi connectivity index (χ4v) is 2.33. The minimum Gasteiger partial charge on any atom is -0.356 e. The number of nitrogens with one attached hydrogen (secondary N) is 1. The second-order valence-corrected chi connectivity index (χ2v) is 3.59. The zero-order valence-electron chi connectivity index (χ0n) is 6.55. The van der Waals surface area contributed by atoms with Gasteiger partial charge in [0.2, 0.25) is 5.91 Å². The topological polar surface area (TPSA) is 55.1 Å². The summed E-state index contributed by atoms with van der Waals surface area (Å²) in [4.78, 5) is 11.3. The van der Waals surface area contributed by atoms with Crippen LogP contribution in [0.3, 0.4) is 0 Å². The van der Waals surface area contributed by atoms with Gasteiger partial charge in [0.25, 0.3) is 0 Å². The van der Waals surface area contributed by atoms with Crippen molar-refractivity contribution in [3.05, 3.63) is 0 Å². The van der Waals surface area contributed by atoms with Gasteiger partial charge < -0.3 is 11.1 Å². The van der Waals surface area contributed by atoms with E-state index in [-0.39, 0.29) is 17.9 Å². The quantitative estimate of drug-likeness (QED) is 0.510. The molecule has 1 saturated heterocycles. The molecule has 1 amide bonds. The van der Waals surface area contributed by atoms with Gasteiger partial charge in [-0.3, -0.25) is 4.79 Å². The van der Waals surface area contributed by atoms with E-state index in [0.717, 1.165) is 25.8 Å². The maximum Gasteiger partial charge on any atom is 0.223 e. The minimum atomic E-state index is 0.231. The van der Waals surface area contributed by atoms with Crippen LogP contribution in [-0.4, -0.2) is 18.5 Å². The highest BCUT2D eigenvalue weighted by atomic mass is 16.1. The fraction of sp³-hybridized carbons (Fsp3) is 0.875. The summed E-state index contributed by atoms with van der Waals surface area (Å²) in [6.45, 7) is 0.827. The van der Waals surface area contributed by atoms with Crippen molar-refractivity contribution in [2.75, 3.05) is 6.54 Å². The molecule has 1 aliphatic carbocycles. The number of fused-ring (bicyclic) bond motifs is 1. The average molecular weight is 154 g/mol. The summed E-state index contributed by atoms with van der Waals surface area (Å²) in [5, 5.41) is 2.88. The van der Waals surface area contributed by atoms with Crippen LogP contribution in [0.1, 0.15) is 19.3 Å². The molecule has 2 fully saturated rings. The molecule has 0 bridgehead atoms. The molecule has 3 N–H and O–H groups in total. The predicted octanol–water partition coefficient (Wildman–Crippen LogP) is -0.140. The molecule has 0 spiro atoms. The second kappa shape index (κ2) is 2.48. The Kier molecular flexibility index (Phi) is 1.60. The summed E-state index contributed by atoms with van der Waals surface area (Å²) >= 11 is 0. The Bertz CT molecular complexity index is 181. The number of carbonyl (C=O) groups is 1. The van der Waals surface area contributed by atoms with Gasteiger partial charge in [-0.05, 0) is 25.2 Å². The number of nitrogens with two attached hydrogens (primary N) is 1. The van der Waals surface area contributed by atoms with Gasteiger partial charge in [-0.15, -0.1) is 0 Å². The molecule has 2 aliphatic rings. The maximum absolute atomic E-state index is 11.3. The van der Waals surface area contributed by atoms with Crippen molar-refractivity contribution < 1.29 is 4.79 Å². The molecular weight excluding hydrogens is 140 g/mol. The van der Waals surface area contributed by atoms with Gasteiger partial charge in [-0.25, -0.2) is 0 Å². The van der Waals surface area contributed by atoms with Crippen molar-refractivity contribution in [3.8, 4) is 0 Å². The van der Waals surface area contributed by atoms with Crippen LogP contribution in [0.15, 0.2) is 0 Å². The van der Waals surface area contributed by atoms with Gasteiger partial charge in [0.1, 0.15) is 0 Å². The van der Waals surface area contributed by atoms with E-state index in [4.69, 9.17) is 5.73 Å². The molecule has 0 radical (unpaired) electrons. The van der Waals surface area contributed by atoms with Crippen molar-refractivity contribution in [1.82, 2.24) is 5.32 Å². The van der Waals surface area contributed by atoms with Crippen molar-refractivity contribution in [2.24, 2.45) is 17.6 Å². The predicted molar refractivity (Wildman–Crippen MR) is 41.8 cm³/mol. The molecule has 62 valence electrons. The van der Waals surface area contributed by atoms with Crippen LogP contribution < -0.4 is 11.1 Å². The molecule has 3 unspecified atom stereocenters. The number of rotatable bonds is 0. The minimum absolute atomic E-state index is 0.231. The lowest BCUT2D eigenvalue weighted by atomic mass is 9.87. The summed E-state index contributed by atoms with van der Waals surface area (Å²) in [7, 11) is 0. The molecule has 1 heterocycles. The number of piperidine rings is 1. The van der Waals surface area contributed by atoms with Crippen LogP contribution >= 0.6 is 0 Å². The lowest BCUT2D eigenvalue weighted by molar-refractivity contribution is -0.127. The van der Waals surface area contributed by atoms with Crippen LogP contribution in [0.25, 0.3) is 0 Å². The standard InChI is InChI=1S/C8H14N2O/c9-7-2-1-6-5(7)3-4-10-8(6)11/h5-7H,1-4,9H2,(H,10,11). The van der Waals surface area contributed by atoms with Crippen molar-refractivity contribution >= 4 is 5.91 Å². The van der Waals surface area contributed by atoms with Gasteiger partial charge in [-0.2, -0.15) is 0 Å². The zero-order valence-corrected chi connectivity index (χ0v) is 6.55. The third kappa shape index (κ3) is 1.03. The first kappa shape index (κ1) is 7.10. The van der Waals surface area contributed by atoms with Crippen molar-refractivity contribution in [1.29, 1.82) is 0 Å². The molecule has 0 aromatic rings. The van der Waals surface area contributed by atoms with E-state index in [0.29, 0.717) is 5.92 Å². The Morgan fingerprint density at radius 1 is 1.36 bits per heavy atom. The zero-order chi connectivity index (χ0) is 7.84. The number of amides is 1. The third-order valence-corrected chi connectivity index (χ3v) is 2.99. The van der Waals surface area contributed by atoms with E-state index in [9.17, 15) is 4.79 Å². The summed E-state index contributed by atoms with van der Waals surface area (Å²) in [5.41, 5.74) is 5.87. The average Bonchev–Trinajstić information content (AvgIpc) is 2.35. The van der Waals surface area contributed by atoms with Crippen LogP contribution in [0.5, 0.6) is 0 Å². The molecule has 3 atom stereocenters. The molecule has 1 aliphatic heterocycles. The first-order valence-electron chi connectivity index (χ1n) is 4.32. The van der Waals surface area contributed by atoms with E-state index < -0.39 is 0 Å². The molecule has 3 heteroatoms. The normalized spacial score (nSPS) is 43.4. The molecule has 3 nitrogen and oxygen atoms in total. The summed E-state index contributed by atoms with van der Waals surface area (Å²) in [6, 6.07) is 0.283. The van der Waals surface area contributed by atoms with E-state index in [2.05, 4.69) is 5.32 Å². The van der Waals surface area contributed by atoms with E-state index in [1.54, 1.807) is 0 Å². The number of hydrogen-bond donors (Lipinski definition) is 2. The highest BCUT2D eigenvalue weighted by Gasteiger charge is 2.40. The van der Waals surface area contributed by atoms with Crippen molar-refractivity contribution in [2.45, 2.75) is 25.3 Å². The van der Waals surface area contributed by atoms with Gasteiger partial charge in [0.15, 0.2) is 0 Å². The van der Waals surface area contributed by atoms with Crippen LogP contribution in [0, 0.1) is 11.8 Å². The largest absolute Gasteiger partial charge is 0.356 e. The van der Waals surface area contributed by atoms with Gasteiger partial charge in [-0.1, -0.05) is 0 Å². The fourth-order valence-electron chi connectivity index (χ4n) is 2.33. The first-order chi connectivity index (χ1) is 5.29. The SMILES string of the molecule is NC1CCC2C(=O)NCCC12. The van der Waals surface area contributed by atoms with Crippen molar-refractivity contribution in [3.63, 3.8) is 0 Å². The second-order valence-electron chi connectivity index (χ2n) is 3.59. The summed E-state index contributed by atoms with van der Waals surface area (Å²) in [5.74, 6) is 0.941. The molecule has 11 heavy (non-hydrogen) atoms. The van der Waals surface area contributed by atoms with Gasteiger partial charge in [0.05, 0.1) is 0 Å². The molecule has 0 aromatic carbocycles. The Hall–Kier alpha value is -0.570. The van der Waals surface area contributed by atoms with E-state index >= 15 is 0 Å². The molecule has 2 rings (SSSR count). The molecular formula is C8H14N2O.